The van der Waals surface area contributed by atoms with Gasteiger partial charge in [0.15, 0.2) is 5.82 Å². The normalized spacial score (nSPS) is 12.9. The summed E-state index contributed by atoms with van der Waals surface area (Å²) in [6.07, 6.45) is 0.216. The molecule has 0 amide bonds. The maximum absolute atomic E-state index is 13.1. The molecular weight excluding hydrogens is 264 g/mol. The molecule has 1 heterocycles. The lowest BCUT2D eigenvalue weighted by molar-refractivity contribution is 0.322. The Morgan fingerprint density at radius 2 is 1.85 bits per heavy atom. The highest BCUT2D eigenvalue weighted by Gasteiger charge is 2.21. The highest BCUT2D eigenvalue weighted by molar-refractivity contribution is 5.21. The molecule has 0 radical (unpaired) electrons. The van der Waals surface area contributed by atoms with Crippen LogP contribution >= 0.6 is 0 Å². The highest BCUT2D eigenvalue weighted by atomic mass is 19.1. The van der Waals surface area contributed by atoms with Gasteiger partial charge in [0, 0.05) is 19.0 Å². The van der Waals surface area contributed by atoms with E-state index in [1.54, 1.807) is 0 Å². The number of halogens is 2. The monoisotopic (exact) mass is 281 g/mol. The Kier molecular flexibility index (Phi) is 4.44. The van der Waals surface area contributed by atoms with Crippen molar-refractivity contribution >= 4 is 0 Å². The van der Waals surface area contributed by atoms with Crippen molar-refractivity contribution in [2.75, 3.05) is 6.54 Å². The molecule has 6 heteroatoms. The SMILES string of the molecule is CC(C)C(CN)c1nc(Cc2cc(F)cc(F)c2)no1. The van der Waals surface area contributed by atoms with Crippen LogP contribution in [0.2, 0.25) is 0 Å². The quantitative estimate of drug-likeness (QED) is 0.915. The van der Waals surface area contributed by atoms with E-state index in [-0.39, 0.29) is 18.3 Å². The molecule has 2 rings (SSSR count). The Bertz CT molecular complexity index is 563. The van der Waals surface area contributed by atoms with Crippen LogP contribution in [0.25, 0.3) is 0 Å². The first-order chi connectivity index (χ1) is 9.49. The standard InChI is InChI=1S/C14H17F2N3O/c1-8(2)12(7-17)14-18-13(19-20-14)5-9-3-10(15)6-11(16)4-9/h3-4,6,8,12H,5,7,17H2,1-2H3. The van der Waals surface area contributed by atoms with Crippen LogP contribution in [0, 0.1) is 17.6 Å². The van der Waals surface area contributed by atoms with Gasteiger partial charge in [0.25, 0.3) is 0 Å². The van der Waals surface area contributed by atoms with Gasteiger partial charge in [0.2, 0.25) is 5.89 Å². The predicted molar refractivity (Wildman–Crippen MR) is 70.1 cm³/mol. The second-order valence-corrected chi connectivity index (χ2v) is 5.09. The summed E-state index contributed by atoms with van der Waals surface area (Å²) >= 11 is 0. The molecule has 0 aliphatic carbocycles. The van der Waals surface area contributed by atoms with Gasteiger partial charge >= 0.3 is 0 Å². The summed E-state index contributed by atoms with van der Waals surface area (Å²) in [5, 5.41) is 3.84. The van der Waals surface area contributed by atoms with E-state index >= 15 is 0 Å². The van der Waals surface area contributed by atoms with E-state index in [0.717, 1.165) is 6.07 Å². The molecule has 0 aliphatic rings. The predicted octanol–water partition coefficient (Wildman–Crippen LogP) is 2.64. The minimum absolute atomic E-state index is 0.0134. The molecule has 0 saturated heterocycles. The fourth-order valence-electron chi connectivity index (χ4n) is 2.04. The average Bonchev–Trinajstić information content (AvgIpc) is 2.76. The molecule has 0 fully saturated rings. The molecule has 1 atom stereocenters. The topological polar surface area (TPSA) is 64.9 Å². The maximum Gasteiger partial charge on any atom is 0.231 e. The number of benzene rings is 1. The second-order valence-electron chi connectivity index (χ2n) is 5.09. The van der Waals surface area contributed by atoms with Crippen LogP contribution in [0.1, 0.15) is 37.0 Å². The second kappa shape index (κ2) is 6.09. The Morgan fingerprint density at radius 1 is 1.20 bits per heavy atom. The van der Waals surface area contributed by atoms with Crippen LogP contribution in [0.15, 0.2) is 22.7 Å². The average molecular weight is 281 g/mol. The highest BCUT2D eigenvalue weighted by Crippen LogP contribution is 2.22. The molecule has 0 saturated carbocycles. The summed E-state index contributed by atoms with van der Waals surface area (Å²) in [6.45, 7) is 4.45. The van der Waals surface area contributed by atoms with Gasteiger partial charge in [-0.3, -0.25) is 0 Å². The zero-order chi connectivity index (χ0) is 14.7. The number of hydrogen-bond donors (Lipinski definition) is 1. The molecule has 108 valence electrons. The summed E-state index contributed by atoms with van der Waals surface area (Å²) in [5.74, 6) is -0.115. The van der Waals surface area contributed by atoms with Gasteiger partial charge in [-0.25, -0.2) is 8.78 Å². The van der Waals surface area contributed by atoms with Gasteiger partial charge in [0.1, 0.15) is 11.6 Å². The van der Waals surface area contributed by atoms with Crippen LogP contribution in [-0.4, -0.2) is 16.7 Å². The molecule has 2 N–H and O–H groups in total. The Labute approximate surface area is 116 Å². The number of hydrogen-bond acceptors (Lipinski definition) is 4. The Balaban J connectivity index is 2.17. The zero-order valence-electron chi connectivity index (χ0n) is 11.4. The van der Waals surface area contributed by atoms with Crippen LogP contribution in [-0.2, 0) is 6.42 Å². The van der Waals surface area contributed by atoms with E-state index < -0.39 is 11.6 Å². The molecule has 0 spiro atoms. The Morgan fingerprint density at radius 3 is 2.40 bits per heavy atom. The summed E-state index contributed by atoms with van der Waals surface area (Å²) in [7, 11) is 0. The van der Waals surface area contributed by atoms with Crippen LogP contribution in [0.5, 0.6) is 0 Å². The van der Waals surface area contributed by atoms with Crippen molar-refractivity contribution in [2.24, 2.45) is 11.7 Å². The van der Waals surface area contributed by atoms with Gasteiger partial charge in [-0.2, -0.15) is 4.98 Å². The van der Waals surface area contributed by atoms with E-state index in [1.165, 1.54) is 12.1 Å². The summed E-state index contributed by atoms with van der Waals surface area (Å²) in [5.41, 5.74) is 6.14. The molecule has 2 aromatic rings. The third kappa shape index (κ3) is 3.39. The molecular formula is C14H17F2N3O. The third-order valence-corrected chi connectivity index (χ3v) is 3.14. The van der Waals surface area contributed by atoms with Crippen molar-refractivity contribution in [3.05, 3.63) is 47.1 Å². The number of nitrogens with two attached hydrogens (primary N) is 1. The first-order valence-electron chi connectivity index (χ1n) is 6.47. The summed E-state index contributed by atoms with van der Waals surface area (Å²) in [6, 6.07) is 3.33. The van der Waals surface area contributed by atoms with Crippen molar-refractivity contribution < 1.29 is 13.3 Å². The van der Waals surface area contributed by atoms with Crippen LogP contribution < -0.4 is 5.73 Å². The molecule has 20 heavy (non-hydrogen) atoms. The fourth-order valence-corrected chi connectivity index (χ4v) is 2.04. The van der Waals surface area contributed by atoms with Crippen molar-refractivity contribution in [1.29, 1.82) is 0 Å². The van der Waals surface area contributed by atoms with E-state index in [4.69, 9.17) is 10.3 Å². The van der Waals surface area contributed by atoms with E-state index in [1.807, 2.05) is 13.8 Å². The smallest absolute Gasteiger partial charge is 0.231 e. The number of rotatable bonds is 5. The lowest BCUT2D eigenvalue weighted by Gasteiger charge is -2.13. The largest absolute Gasteiger partial charge is 0.339 e. The fraction of sp³-hybridized carbons (Fsp3) is 0.429. The van der Waals surface area contributed by atoms with Gasteiger partial charge < -0.3 is 10.3 Å². The van der Waals surface area contributed by atoms with Gasteiger partial charge in [-0.05, 0) is 23.6 Å². The Hall–Kier alpha value is -1.82. The molecule has 1 aromatic heterocycles. The molecule has 1 aromatic carbocycles. The van der Waals surface area contributed by atoms with Crippen molar-refractivity contribution in [2.45, 2.75) is 26.2 Å². The van der Waals surface area contributed by atoms with Crippen LogP contribution in [0.3, 0.4) is 0 Å². The first-order valence-corrected chi connectivity index (χ1v) is 6.47. The van der Waals surface area contributed by atoms with Gasteiger partial charge in [0.05, 0.1) is 5.92 Å². The summed E-state index contributed by atoms with van der Waals surface area (Å²) in [4.78, 5) is 4.25. The molecule has 0 bridgehead atoms. The van der Waals surface area contributed by atoms with E-state index in [0.29, 0.717) is 23.8 Å². The lowest BCUT2D eigenvalue weighted by atomic mass is 9.96. The molecule has 4 nitrogen and oxygen atoms in total. The van der Waals surface area contributed by atoms with E-state index in [9.17, 15) is 8.78 Å². The van der Waals surface area contributed by atoms with Gasteiger partial charge in [-0.1, -0.05) is 19.0 Å². The first kappa shape index (κ1) is 14.6. The lowest BCUT2D eigenvalue weighted by Crippen LogP contribution is -2.18. The minimum Gasteiger partial charge on any atom is -0.339 e. The molecule has 0 aliphatic heterocycles. The third-order valence-electron chi connectivity index (χ3n) is 3.14. The number of aromatic nitrogens is 2. The van der Waals surface area contributed by atoms with Crippen molar-refractivity contribution in [3.8, 4) is 0 Å². The maximum atomic E-state index is 13.1. The minimum atomic E-state index is -0.620. The molecule has 1 unspecified atom stereocenters. The van der Waals surface area contributed by atoms with Crippen LogP contribution in [0.4, 0.5) is 8.78 Å². The van der Waals surface area contributed by atoms with Crippen molar-refractivity contribution in [3.63, 3.8) is 0 Å². The summed E-state index contributed by atoms with van der Waals surface area (Å²) < 4.78 is 31.4. The van der Waals surface area contributed by atoms with Gasteiger partial charge in [-0.15, -0.1) is 0 Å². The van der Waals surface area contributed by atoms with E-state index in [2.05, 4.69) is 10.1 Å². The van der Waals surface area contributed by atoms with Crippen molar-refractivity contribution in [1.82, 2.24) is 10.1 Å². The number of nitrogens with zero attached hydrogens (tertiary/aromatic N) is 2. The zero-order valence-corrected chi connectivity index (χ0v) is 11.4.